The van der Waals surface area contributed by atoms with Crippen LogP contribution in [0.25, 0.3) is 0 Å². The molecule has 6 heteroatoms. The molecular weight excluding hydrogens is 532 g/mol. The van der Waals surface area contributed by atoms with E-state index in [0.717, 1.165) is 20.5 Å². The maximum absolute atomic E-state index is 13.7. The Morgan fingerprint density at radius 1 is 0.917 bits per heavy atom. The van der Waals surface area contributed by atoms with Crippen LogP contribution in [0, 0.1) is 6.92 Å². The summed E-state index contributed by atoms with van der Waals surface area (Å²) in [7, 11) is 0. The number of carbonyl (C=O) groups excluding carboxylic acids is 2. The van der Waals surface area contributed by atoms with Crippen LogP contribution in [0.1, 0.15) is 43.9 Å². The zero-order valence-corrected chi connectivity index (χ0v) is 23.9. The van der Waals surface area contributed by atoms with E-state index in [2.05, 4.69) is 52.4 Å². The van der Waals surface area contributed by atoms with Gasteiger partial charge in [0, 0.05) is 40.0 Å². The Morgan fingerprint density at radius 3 is 2.17 bits per heavy atom. The molecule has 2 amide bonds. The topological polar surface area (TPSA) is 49.4 Å². The number of nitrogens with zero attached hydrogens (tertiary/aromatic N) is 1. The first-order chi connectivity index (χ1) is 17.1. The summed E-state index contributed by atoms with van der Waals surface area (Å²) in [6.07, 6.45) is 0.805. The second-order valence-corrected chi connectivity index (χ2v) is 12.1. The number of benzene rings is 3. The summed E-state index contributed by atoms with van der Waals surface area (Å²) in [4.78, 5) is 30.1. The fourth-order valence-corrected chi connectivity index (χ4v) is 4.93. The number of hydrogen-bond acceptors (Lipinski definition) is 3. The Kier molecular flexibility index (Phi) is 10.2. The van der Waals surface area contributed by atoms with Crippen molar-refractivity contribution in [2.45, 2.75) is 63.6 Å². The average molecular weight is 568 g/mol. The van der Waals surface area contributed by atoms with Crippen molar-refractivity contribution in [3.8, 4) is 0 Å². The second-order valence-electron chi connectivity index (χ2n) is 10.0. The molecule has 3 aromatic rings. The van der Waals surface area contributed by atoms with Gasteiger partial charge in [-0.05, 0) is 63.1 Å². The Balaban J connectivity index is 1.85. The number of halogens is 1. The van der Waals surface area contributed by atoms with Crippen LogP contribution in [0.3, 0.4) is 0 Å². The van der Waals surface area contributed by atoms with Gasteiger partial charge in [0.1, 0.15) is 6.04 Å². The van der Waals surface area contributed by atoms with Gasteiger partial charge in [0.05, 0.1) is 0 Å². The van der Waals surface area contributed by atoms with Crippen molar-refractivity contribution in [2.75, 3.05) is 5.75 Å². The predicted octanol–water partition coefficient (Wildman–Crippen LogP) is 6.79. The van der Waals surface area contributed by atoms with E-state index >= 15 is 0 Å². The Hall–Kier alpha value is -2.57. The lowest BCUT2D eigenvalue weighted by Crippen LogP contribution is -2.54. The summed E-state index contributed by atoms with van der Waals surface area (Å²) < 4.78 is 0.977. The average Bonchev–Trinajstić information content (AvgIpc) is 2.83. The van der Waals surface area contributed by atoms with Crippen LogP contribution in [0.2, 0.25) is 0 Å². The lowest BCUT2D eigenvalue weighted by atomic mass is 10.0. The molecule has 0 heterocycles. The molecule has 1 atom stereocenters. The SMILES string of the molecule is Cc1ccc(SCCC(=O)N(Cc2ccc(Br)cc2)C(Cc2ccccc2)C(=O)NC(C)(C)C)cc1. The zero-order valence-electron chi connectivity index (χ0n) is 21.5. The highest BCUT2D eigenvalue weighted by Gasteiger charge is 2.32. The Bertz CT molecular complexity index is 1130. The minimum atomic E-state index is -0.618. The van der Waals surface area contributed by atoms with Gasteiger partial charge < -0.3 is 10.2 Å². The smallest absolute Gasteiger partial charge is 0.243 e. The summed E-state index contributed by atoms with van der Waals surface area (Å²) in [6.45, 7) is 8.32. The molecule has 0 radical (unpaired) electrons. The molecule has 0 saturated heterocycles. The fraction of sp³-hybridized carbons (Fsp3) is 0.333. The third-order valence-corrected chi connectivity index (χ3v) is 7.18. The van der Waals surface area contributed by atoms with Gasteiger partial charge >= 0.3 is 0 Å². The van der Waals surface area contributed by atoms with E-state index in [9.17, 15) is 9.59 Å². The number of aryl methyl sites for hydroxylation is 1. The summed E-state index contributed by atoms with van der Waals surface area (Å²) in [5, 5.41) is 3.11. The predicted molar refractivity (Wildman–Crippen MR) is 153 cm³/mol. The standard InChI is InChI=1S/C30H35BrN2O2S/c1-22-10-16-26(17-11-22)36-19-18-28(34)33(21-24-12-14-25(31)15-13-24)27(29(35)32-30(2,3)4)20-23-8-6-5-7-9-23/h5-17,27H,18-21H2,1-4H3,(H,32,35). The monoisotopic (exact) mass is 566 g/mol. The van der Waals surface area contributed by atoms with E-state index in [1.54, 1.807) is 16.7 Å². The van der Waals surface area contributed by atoms with Crippen molar-refractivity contribution < 1.29 is 9.59 Å². The van der Waals surface area contributed by atoms with E-state index in [-0.39, 0.29) is 11.8 Å². The van der Waals surface area contributed by atoms with Crippen LogP contribution in [-0.4, -0.2) is 34.0 Å². The maximum Gasteiger partial charge on any atom is 0.243 e. The first kappa shape index (κ1) is 28.0. The highest BCUT2D eigenvalue weighted by molar-refractivity contribution is 9.10. The summed E-state index contributed by atoms with van der Waals surface area (Å²) in [5.74, 6) is 0.489. The van der Waals surface area contributed by atoms with Gasteiger partial charge in [0.2, 0.25) is 11.8 Å². The molecule has 0 fully saturated rings. The number of thioether (sulfide) groups is 1. The van der Waals surface area contributed by atoms with E-state index in [1.807, 2.05) is 75.4 Å². The van der Waals surface area contributed by atoms with Gasteiger partial charge in [-0.15, -0.1) is 11.8 Å². The van der Waals surface area contributed by atoms with Gasteiger partial charge in [-0.25, -0.2) is 0 Å². The van der Waals surface area contributed by atoms with Gasteiger partial charge in [-0.2, -0.15) is 0 Å². The molecule has 36 heavy (non-hydrogen) atoms. The normalized spacial score (nSPS) is 12.1. The van der Waals surface area contributed by atoms with Crippen molar-refractivity contribution in [3.63, 3.8) is 0 Å². The largest absolute Gasteiger partial charge is 0.350 e. The lowest BCUT2D eigenvalue weighted by Gasteiger charge is -2.34. The van der Waals surface area contributed by atoms with E-state index in [0.29, 0.717) is 25.1 Å². The van der Waals surface area contributed by atoms with E-state index in [4.69, 9.17) is 0 Å². The maximum atomic E-state index is 13.7. The first-order valence-corrected chi connectivity index (χ1v) is 14.0. The minimum Gasteiger partial charge on any atom is -0.350 e. The molecule has 3 aromatic carbocycles. The number of carbonyl (C=O) groups is 2. The second kappa shape index (κ2) is 13.1. The summed E-state index contributed by atoms with van der Waals surface area (Å²) >= 11 is 5.15. The molecular formula is C30H35BrN2O2S. The molecule has 0 saturated carbocycles. The number of rotatable bonds is 10. The van der Waals surface area contributed by atoms with E-state index < -0.39 is 11.6 Å². The molecule has 1 unspecified atom stereocenters. The number of amides is 2. The van der Waals surface area contributed by atoms with Crippen molar-refractivity contribution in [1.29, 1.82) is 0 Å². The van der Waals surface area contributed by atoms with Gasteiger partial charge in [-0.1, -0.05) is 76.1 Å². The summed E-state index contributed by atoms with van der Waals surface area (Å²) in [6, 6.07) is 25.5. The van der Waals surface area contributed by atoms with Crippen LogP contribution >= 0.6 is 27.7 Å². The van der Waals surface area contributed by atoms with Crippen molar-refractivity contribution in [3.05, 3.63) is 100 Å². The van der Waals surface area contributed by atoms with Crippen LogP contribution in [0.5, 0.6) is 0 Å². The van der Waals surface area contributed by atoms with Crippen molar-refractivity contribution in [1.82, 2.24) is 10.2 Å². The Labute approximate surface area is 228 Å². The quantitative estimate of drug-likeness (QED) is 0.275. The van der Waals surface area contributed by atoms with Gasteiger partial charge in [-0.3, -0.25) is 9.59 Å². The highest BCUT2D eigenvalue weighted by Crippen LogP contribution is 2.22. The molecule has 0 aliphatic carbocycles. The molecule has 1 N–H and O–H groups in total. The third kappa shape index (κ3) is 9.14. The number of hydrogen-bond donors (Lipinski definition) is 1. The zero-order chi connectivity index (χ0) is 26.1. The van der Waals surface area contributed by atoms with Crippen LogP contribution in [0.4, 0.5) is 0 Å². The molecule has 0 aliphatic rings. The molecule has 190 valence electrons. The van der Waals surface area contributed by atoms with Gasteiger partial charge in [0.25, 0.3) is 0 Å². The molecule has 4 nitrogen and oxygen atoms in total. The molecule has 0 aromatic heterocycles. The third-order valence-electron chi connectivity index (χ3n) is 5.64. The molecule has 0 spiro atoms. The molecule has 0 bridgehead atoms. The van der Waals surface area contributed by atoms with E-state index in [1.165, 1.54) is 5.56 Å². The molecule has 3 rings (SSSR count). The van der Waals surface area contributed by atoms with Crippen molar-refractivity contribution in [2.24, 2.45) is 0 Å². The minimum absolute atomic E-state index is 0.0254. The number of nitrogens with one attached hydrogen (secondary N) is 1. The lowest BCUT2D eigenvalue weighted by molar-refractivity contribution is -0.141. The van der Waals surface area contributed by atoms with Crippen LogP contribution in [-0.2, 0) is 22.6 Å². The highest BCUT2D eigenvalue weighted by atomic mass is 79.9. The van der Waals surface area contributed by atoms with Crippen molar-refractivity contribution >= 4 is 39.5 Å². The fourth-order valence-electron chi connectivity index (χ4n) is 3.83. The first-order valence-electron chi connectivity index (χ1n) is 12.2. The van der Waals surface area contributed by atoms with Crippen LogP contribution in [0.15, 0.2) is 88.2 Å². The summed E-state index contributed by atoms with van der Waals surface area (Å²) in [5.41, 5.74) is 2.82. The van der Waals surface area contributed by atoms with Gasteiger partial charge in [0.15, 0.2) is 0 Å². The van der Waals surface area contributed by atoms with Crippen LogP contribution < -0.4 is 5.32 Å². The Morgan fingerprint density at radius 2 is 1.56 bits per heavy atom. The molecule has 0 aliphatic heterocycles.